The number of rotatable bonds is 8. The quantitative estimate of drug-likeness (QED) is 0.204. The molecule has 0 aliphatic carbocycles. The lowest BCUT2D eigenvalue weighted by atomic mass is 9.98. The molecule has 2 fully saturated rings. The maximum atomic E-state index is 12.9. The van der Waals surface area contributed by atoms with E-state index in [2.05, 4.69) is 41.3 Å². The summed E-state index contributed by atoms with van der Waals surface area (Å²) in [5, 5.41) is 9.55. The Hall–Kier alpha value is -4.14. The van der Waals surface area contributed by atoms with Gasteiger partial charge >= 0.3 is 0 Å². The molecule has 0 saturated carbocycles. The van der Waals surface area contributed by atoms with E-state index in [1.54, 1.807) is 24.3 Å². The molecule has 3 atom stereocenters. The van der Waals surface area contributed by atoms with Gasteiger partial charge in [-0.2, -0.15) is 0 Å². The third kappa shape index (κ3) is 7.09. The molecule has 3 unspecified atom stereocenters. The van der Waals surface area contributed by atoms with Gasteiger partial charge in [0.05, 0.1) is 36.5 Å². The zero-order chi connectivity index (χ0) is 32.2. The first-order valence-electron chi connectivity index (χ1n) is 16.9. The minimum absolute atomic E-state index is 0.0210. The minimum atomic E-state index is -0.500. The molecule has 47 heavy (non-hydrogen) atoms. The van der Waals surface area contributed by atoms with E-state index in [0.29, 0.717) is 11.1 Å². The van der Waals surface area contributed by atoms with Crippen molar-refractivity contribution in [3.05, 3.63) is 130 Å². The van der Waals surface area contributed by atoms with Crippen LogP contribution in [0.15, 0.2) is 97.1 Å². The molecule has 3 aliphatic rings. The Balaban J connectivity index is 1.08. The first kappa shape index (κ1) is 31.5. The van der Waals surface area contributed by atoms with Crippen molar-refractivity contribution in [2.24, 2.45) is 0 Å². The highest BCUT2D eigenvalue weighted by molar-refractivity contribution is 6.21. The van der Waals surface area contributed by atoms with Crippen LogP contribution < -0.4 is 0 Å². The monoisotopic (exact) mass is 630 g/mol. The van der Waals surface area contributed by atoms with Crippen molar-refractivity contribution in [2.45, 2.75) is 70.2 Å². The lowest BCUT2D eigenvalue weighted by Crippen LogP contribution is -2.40. The van der Waals surface area contributed by atoms with Crippen LogP contribution in [0.3, 0.4) is 0 Å². The largest absolute Gasteiger partial charge is 0.392 e. The maximum Gasteiger partial charge on any atom is 0.261 e. The number of nitrogens with zero attached hydrogens (tertiary/aromatic N) is 2. The van der Waals surface area contributed by atoms with E-state index in [1.165, 1.54) is 37.0 Å². The Morgan fingerprint density at radius 2 is 1.32 bits per heavy atom. The van der Waals surface area contributed by atoms with Crippen molar-refractivity contribution in [3.63, 3.8) is 0 Å². The number of carbonyl (C=O) groups is 2. The van der Waals surface area contributed by atoms with Crippen LogP contribution in [-0.2, 0) is 22.6 Å². The second kappa shape index (κ2) is 14.3. The number of hydrogen-bond acceptors (Lipinski definition) is 6. The molecule has 7 rings (SSSR count). The van der Waals surface area contributed by atoms with Crippen LogP contribution in [0, 0.1) is 0 Å². The van der Waals surface area contributed by atoms with Gasteiger partial charge in [-0.05, 0) is 71.9 Å². The molecule has 7 heteroatoms. The summed E-state index contributed by atoms with van der Waals surface area (Å²) in [6, 6.07) is 31.3. The molecule has 0 aromatic heterocycles. The van der Waals surface area contributed by atoms with Gasteiger partial charge in [0.1, 0.15) is 0 Å². The van der Waals surface area contributed by atoms with E-state index in [4.69, 9.17) is 9.47 Å². The number of ether oxygens (including phenoxy) is 2. The van der Waals surface area contributed by atoms with Crippen LogP contribution in [0.5, 0.6) is 0 Å². The van der Waals surface area contributed by atoms with Gasteiger partial charge in [-0.1, -0.05) is 98.1 Å². The van der Waals surface area contributed by atoms with Crippen LogP contribution in [0.1, 0.15) is 93.9 Å². The molecular formula is C40H42N2O5. The van der Waals surface area contributed by atoms with Crippen molar-refractivity contribution in [2.75, 3.05) is 19.6 Å². The van der Waals surface area contributed by atoms with E-state index in [1.807, 2.05) is 36.4 Å². The highest BCUT2D eigenvalue weighted by Gasteiger charge is 2.35. The second-order valence-electron chi connectivity index (χ2n) is 13.0. The van der Waals surface area contributed by atoms with E-state index in [0.717, 1.165) is 59.4 Å². The van der Waals surface area contributed by atoms with E-state index < -0.39 is 6.29 Å². The van der Waals surface area contributed by atoms with E-state index in [-0.39, 0.29) is 37.2 Å². The molecule has 3 heterocycles. The summed E-state index contributed by atoms with van der Waals surface area (Å²) >= 11 is 0. The van der Waals surface area contributed by atoms with Crippen molar-refractivity contribution < 1.29 is 24.2 Å². The highest BCUT2D eigenvalue weighted by atomic mass is 16.7. The Bertz CT molecular complexity index is 1660. The van der Waals surface area contributed by atoms with Gasteiger partial charge in [0.2, 0.25) is 0 Å². The average Bonchev–Trinajstić information content (AvgIpc) is 3.34. The summed E-state index contributed by atoms with van der Waals surface area (Å²) in [5.74, 6) is -0.500. The molecule has 4 aromatic carbocycles. The fraction of sp³-hybridized carbons (Fsp3) is 0.350. The third-order valence-corrected chi connectivity index (χ3v) is 9.69. The van der Waals surface area contributed by atoms with Crippen molar-refractivity contribution in [1.82, 2.24) is 9.80 Å². The number of aliphatic hydroxyl groups is 1. The van der Waals surface area contributed by atoms with Gasteiger partial charge in [0.15, 0.2) is 6.29 Å². The average molecular weight is 631 g/mol. The Labute approximate surface area is 276 Å². The predicted molar refractivity (Wildman–Crippen MR) is 180 cm³/mol. The molecule has 2 amide bonds. The first-order chi connectivity index (χ1) is 23.1. The molecule has 0 spiro atoms. The van der Waals surface area contributed by atoms with Gasteiger partial charge in [-0.3, -0.25) is 14.5 Å². The number of benzene rings is 4. The highest BCUT2D eigenvalue weighted by Crippen LogP contribution is 2.39. The number of fused-ring (bicyclic) bond motifs is 1. The summed E-state index contributed by atoms with van der Waals surface area (Å²) < 4.78 is 13.3. The van der Waals surface area contributed by atoms with E-state index in [9.17, 15) is 14.7 Å². The van der Waals surface area contributed by atoms with Crippen LogP contribution in [-0.4, -0.2) is 52.5 Å². The van der Waals surface area contributed by atoms with Gasteiger partial charge in [-0.25, -0.2) is 0 Å². The SMILES string of the molecule is O=C1c2ccccc2C(=O)N1Cc1cccc(-c2ccc(C3OC(CN4CCCCCCC4)CC(c4ccc(CO)cc4)O3)cc2)c1. The summed E-state index contributed by atoms with van der Waals surface area (Å²) in [5.41, 5.74) is 6.80. The molecule has 1 N–H and O–H groups in total. The molecule has 2 saturated heterocycles. The molecule has 0 bridgehead atoms. The zero-order valence-corrected chi connectivity index (χ0v) is 26.7. The lowest BCUT2D eigenvalue weighted by molar-refractivity contribution is -0.253. The number of aliphatic hydroxyl groups excluding tert-OH is 1. The minimum Gasteiger partial charge on any atom is -0.392 e. The van der Waals surface area contributed by atoms with Crippen LogP contribution in [0.2, 0.25) is 0 Å². The molecular weight excluding hydrogens is 588 g/mol. The normalized spacial score (nSPS) is 22.1. The summed E-state index contributed by atoms with van der Waals surface area (Å²) in [6.45, 7) is 3.36. The van der Waals surface area contributed by atoms with E-state index >= 15 is 0 Å². The summed E-state index contributed by atoms with van der Waals surface area (Å²) in [4.78, 5) is 29.7. The van der Waals surface area contributed by atoms with Crippen molar-refractivity contribution in [3.8, 4) is 11.1 Å². The first-order valence-corrected chi connectivity index (χ1v) is 16.9. The van der Waals surface area contributed by atoms with Crippen molar-refractivity contribution >= 4 is 11.8 Å². The molecule has 7 nitrogen and oxygen atoms in total. The number of amides is 2. The number of hydrogen-bond donors (Lipinski definition) is 1. The Morgan fingerprint density at radius 3 is 2.00 bits per heavy atom. The van der Waals surface area contributed by atoms with Crippen LogP contribution >= 0.6 is 0 Å². The Kier molecular flexibility index (Phi) is 9.58. The summed E-state index contributed by atoms with van der Waals surface area (Å²) in [6.07, 6.45) is 6.61. The predicted octanol–water partition coefficient (Wildman–Crippen LogP) is 7.45. The van der Waals surface area contributed by atoms with Gasteiger partial charge in [-0.15, -0.1) is 0 Å². The van der Waals surface area contributed by atoms with Gasteiger partial charge in [0.25, 0.3) is 11.8 Å². The fourth-order valence-corrected chi connectivity index (χ4v) is 7.06. The number of carbonyl (C=O) groups excluding carboxylic acids is 2. The molecule has 4 aromatic rings. The number of imide groups is 1. The van der Waals surface area contributed by atoms with Gasteiger partial charge < -0.3 is 19.5 Å². The van der Waals surface area contributed by atoms with Crippen LogP contribution in [0.25, 0.3) is 11.1 Å². The lowest BCUT2D eigenvalue weighted by Gasteiger charge is -2.38. The smallest absolute Gasteiger partial charge is 0.261 e. The molecule has 3 aliphatic heterocycles. The second-order valence-corrected chi connectivity index (χ2v) is 13.0. The zero-order valence-electron chi connectivity index (χ0n) is 26.7. The molecule has 242 valence electrons. The maximum absolute atomic E-state index is 12.9. The third-order valence-electron chi connectivity index (χ3n) is 9.69. The standard InChI is InChI=1S/C40H42N2O5/c43-27-28-13-15-31(16-14-28)37-24-34(26-41-21-6-2-1-3-7-22-41)46-40(47-37)32-19-17-30(18-20-32)33-10-8-9-29(23-33)25-42-38(44)35-11-4-5-12-36(35)39(42)45/h4-5,8-20,23,34,37,40,43H,1-3,6-7,21-22,24-27H2. The number of likely N-dealkylation sites (tertiary alicyclic amines) is 1. The van der Waals surface area contributed by atoms with Crippen LogP contribution in [0.4, 0.5) is 0 Å². The summed E-state index contributed by atoms with van der Waals surface area (Å²) in [7, 11) is 0. The van der Waals surface area contributed by atoms with Crippen molar-refractivity contribution in [1.29, 1.82) is 0 Å². The molecule has 0 radical (unpaired) electrons. The Morgan fingerprint density at radius 1 is 0.660 bits per heavy atom. The van der Waals surface area contributed by atoms with Gasteiger partial charge in [0, 0.05) is 18.5 Å². The fourth-order valence-electron chi connectivity index (χ4n) is 7.06. The topological polar surface area (TPSA) is 79.3 Å².